The van der Waals surface area contributed by atoms with Crippen LogP contribution >= 0.6 is 27.3 Å². The molecule has 4 aromatic rings. The topological polar surface area (TPSA) is 90.6 Å². The van der Waals surface area contributed by atoms with E-state index in [4.69, 9.17) is 9.47 Å². The summed E-state index contributed by atoms with van der Waals surface area (Å²) in [7, 11) is 3.11. The van der Waals surface area contributed by atoms with Gasteiger partial charge in [0, 0.05) is 16.5 Å². The third-order valence-electron chi connectivity index (χ3n) is 4.75. The van der Waals surface area contributed by atoms with Crippen LogP contribution in [0, 0.1) is 6.92 Å². The van der Waals surface area contributed by atoms with Gasteiger partial charge in [0.15, 0.2) is 5.82 Å². The monoisotopic (exact) mass is 501 g/mol. The number of nitrogens with zero attached hydrogens (tertiary/aromatic N) is 4. The molecular formula is C21H20BrN5O3S. The Morgan fingerprint density at radius 3 is 2.71 bits per heavy atom. The fourth-order valence-corrected chi connectivity index (χ4v) is 4.72. The van der Waals surface area contributed by atoms with Gasteiger partial charge >= 0.3 is 0 Å². The first-order valence-electron chi connectivity index (χ1n) is 9.50. The Kier molecular flexibility index (Phi) is 5.92. The predicted octanol–water partition coefficient (Wildman–Crippen LogP) is 4.76. The van der Waals surface area contributed by atoms with Gasteiger partial charge in [-0.2, -0.15) is 9.61 Å². The molecule has 2 heterocycles. The van der Waals surface area contributed by atoms with Crippen LogP contribution < -0.4 is 14.8 Å². The maximum absolute atomic E-state index is 13.1. The lowest BCUT2D eigenvalue weighted by Gasteiger charge is -2.14. The first kappa shape index (κ1) is 21.3. The van der Waals surface area contributed by atoms with E-state index in [1.807, 2.05) is 32.0 Å². The number of anilines is 1. The summed E-state index contributed by atoms with van der Waals surface area (Å²) in [5, 5.41) is 16.6. The van der Waals surface area contributed by atoms with Gasteiger partial charge in [0.25, 0.3) is 5.91 Å². The number of hydrogen-bond donors (Lipinski definition) is 1. The van der Waals surface area contributed by atoms with Crippen LogP contribution in [0.5, 0.6) is 11.5 Å². The number of fused-ring (bicyclic) bond motifs is 1. The second-order valence-electron chi connectivity index (χ2n) is 6.74. The molecule has 0 atom stereocenters. The summed E-state index contributed by atoms with van der Waals surface area (Å²) in [6.07, 6.45) is 0.738. The highest BCUT2D eigenvalue weighted by Gasteiger charge is 2.19. The molecule has 1 amide bonds. The molecule has 0 unspecified atom stereocenters. The van der Waals surface area contributed by atoms with Gasteiger partial charge in [-0.05, 0) is 42.8 Å². The number of carbonyl (C=O) groups is 1. The molecule has 0 aliphatic heterocycles. The first-order valence-corrected chi connectivity index (χ1v) is 11.1. The van der Waals surface area contributed by atoms with Crippen molar-refractivity contribution in [2.75, 3.05) is 19.5 Å². The molecule has 4 rings (SSSR count). The molecule has 0 aliphatic carbocycles. The van der Waals surface area contributed by atoms with Crippen LogP contribution in [0.25, 0.3) is 15.5 Å². The number of methoxy groups -OCH3 is 2. The van der Waals surface area contributed by atoms with Crippen LogP contribution in [0.1, 0.15) is 28.7 Å². The number of halogens is 1. The van der Waals surface area contributed by atoms with E-state index in [0.29, 0.717) is 22.7 Å². The number of ether oxygens (including phenoxy) is 2. The van der Waals surface area contributed by atoms with E-state index in [1.165, 1.54) is 11.3 Å². The number of hydrogen-bond acceptors (Lipinski definition) is 7. The zero-order valence-electron chi connectivity index (χ0n) is 17.4. The highest BCUT2D eigenvalue weighted by molar-refractivity contribution is 9.10. The fraction of sp³-hybridized carbons (Fsp3) is 0.238. The van der Waals surface area contributed by atoms with Crippen LogP contribution in [0.4, 0.5) is 5.69 Å². The number of benzene rings is 2. The van der Waals surface area contributed by atoms with Crippen LogP contribution in [0.2, 0.25) is 0 Å². The summed E-state index contributed by atoms with van der Waals surface area (Å²) in [4.78, 5) is 13.8. The van der Waals surface area contributed by atoms with Gasteiger partial charge in [-0.25, -0.2) is 0 Å². The largest absolute Gasteiger partial charge is 0.496 e. The van der Waals surface area contributed by atoms with Gasteiger partial charge in [0.1, 0.15) is 16.5 Å². The van der Waals surface area contributed by atoms with E-state index in [-0.39, 0.29) is 5.91 Å². The maximum Gasteiger partial charge on any atom is 0.259 e. The number of aryl methyl sites for hydroxylation is 2. The summed E-state index contributed by atoms with van der Waals surface area (Å²) in [5.41, 5.74) is 2.65. The molecule has 2 aromatic heterocycles. The van der Waals surface area contributed by atoms with E-state index in [1.54, 1.807) is 30.9 Å². The van der Waals surface area contributed by atoms with Crippen molar-refractivity contribution in [1.82, 2.24) is 19.8 Å². The highest BCUT2D eigenvalue weighted by atomic mass is 79.9. The minimum absolute atomic E-state index is 0.303. The second-order valence-corrected chi connectivity index (χ2v) is 8.62. The lowest BCUT2D eigenvalue weighted by Crippen LogP contribution is -2.14. The zero-order valence-corrected chi connectivity index (χ0v) is 19.8. The van der Waals surface area contributed by atoms with E-state index in [2.05, 4.69) is 36.5 Å². The number of nitrogens with one attached hydrogen (secondary N) is 1. The average molecular weight is 502 g/mol. The quantitative estimate of drug-likeness (QED) is 0.409. The van der Waals surface area contributed by atoms with Crippen molar-refractivity contribution in [2.24, 2.45) is 0 Å². The molecule has 0 fully saturated rings. The van der Waals surface area contributed by atoms with Crippen molar-refractivity contribution in [2.45, 2.75) is 20.3 Å². The summed E-state index contributed by atoms with van der Waals surface area (Å²) >= 11 is 4.88. The van der Waals surface area contributed by atoms with Crippen LogP contribution in [-0.4, -0.2) is 39.9 Å². The molecular weight excluding hydrogens is 482 g/mol. The predicted molar refractivity (Wildman–Crippen MR) is 123 cm³/mol. The third-order valence-corrected chi connectivity index (χ3v) is 6.16. The Labute approximate surface area is 191 Å². The number of aromatic nitrogens is 4. The smallest absolute Gasteiger partial charge is 0.259 e. The maximum atomic E-state index is 13.1. The van der Waals surface area contributed by atoms with Crippen LogP contribution in [-0.2, 0) is 6.42 Å². The molecule has 31 heavy (non-hydrogen) atoms. The molecule has 0 radical (unpaired) electrons. The van der Waals surface area contributed by atoms with E-state index >= 15 is 0 Å². The Morgan fingerprint density at radius 2 is 2.00 bits per heavy atom. The molecule has 2 aromatic carbocycles. The third kappa shape index (κ3) is 4.00. The molecule has 0 bridgehead atoms. The lowest BCUT2D eigenvalue weighted by atomic mass is 10.1. The van der Waals surface area contributed by atoms with E-state index in [9.17, 15) is 4.79 Å². The number of rotatable bonds is 6. The molecule has 0 saturated carbocycles. The molecule has 8 nitrogen and oxygen atoms in total. The summed E-state index contributed by atoms with van der Waals surface area (Å²) in [5.74, 6) is 1.57. The Balaban J connectivity index is 1.71. The van der Waals surface area contributed by atoms with Crippen molar-refractivity contribution in [3.8, 4) is 22.1 Å². The Hall–Kier alpha value is -2.98. The molecule has 10 heteroatoms. The zero-order chi connectivity index (χ0) is 22.1. The molecule has 0 aliphatic rings. The van der Waals surface area contributed by atoms with Gasteiger partial charge in [-0.3, -0.25) is 4.79 Å². The Morgan fingerprint density at radius 1 is 1.19 bits per heavy atom. The SMILES string of the molecule is CCc1nnc2sc(-c3ccc(OC)c(NC(=O)c4cc(Br)cc(C)c4OC)c3)nn12. The van der Waals surface area contributed by atoms with Crippen molar-refractivity contribution < 1.29 is 14.3 Å². The van der Waals surface area contributed by atoms with Crippen molar-refractivity contribution in [3.05, 3.63) is 51.8 Å². The Bertz CT molecular complexity index is 1280. The molecule has 0 spiro atoms. The second kappa shape index (κ2) is 8.64. The standard InChI is InChI=1S/C21H20BrN5O3S/c1-5-17-24-25-21-27(17)26-20(31-21)12-6-7-16(29-3)15(9-12)23-19(28)14-10-13(22)8-11(2)18(14)30-4/h6-10H,5H2,1-4H3,(H,23,28). The lowest BCUT2D eigenvalue weighted by molar-refractivity contribution is 0.102. The number of carbonyl (C=O) groups excluding carboxylic acids is 1. The minimum Gasteiger partial charge on any atom is -0.496 e. The van der Waals surface area contributed by atoms with Gasteiger partial charge in [-0.15, -0.1) is 10.2 Å². The van der Waals surface area contributed by atoms with Crippen LogP contribution in [0.3, 0.4) is 0 Å². The summed E-state index contributed by atoms with van der Waals surface area (Å²) < 4.78 is 13.4. The summed E-state index contributed by atoms with van der Waals surface area (Å²) in [6, 6.07) is 9.17. The normalized spacial score (nSPS) is 11.0. The molecule has 160 valence electrons. The van der Waals surface area contributed by atoms with Crippen LogP contribution in [0.15, 0.2) is 34.8 Å². The van der Waals surface area contributed by atoms with Crippen molar-refractivity contribution in [3.63, 3.8) is 0 Å². The van der Waals surface area contributed by atoms with Gasteiger partial charge in [-0.1, -0.05) is 34.2 Å². The van der Waals surface area contributed by atoms with E-state index in [0.717, 1.165) is 37.8 Å². The average Bonchev–Trinajstić information content (AvgIpc) is 3.34. The van der Waals surface area contributed by atoms with Crippen molar-refractivity contribution in [1.29, 1.82) is 0 Å². The van der Waals surface area contributed by atoms with E-state index < -0.39 is 0 Å². The van der Waals surface area contributed by atoms with Gasteiger partial charge < -0.3 is 14.8 Å². The summed E-state index contributed by atoms with van der Waals surface area (Å²) in [6.45, 7) is 3.90. The molecule has 1 N–H and O–H groups in total. The fourth-order valence-electron chi connectivity index (χ4n) is 3.29. The molecule has 0 saturated heterocycles. The minimum atomic E-state index is -0.303. The first-order chi connectivity index (χ1) is 14.9. The van der Waals surface area contributed by atoms with Gasteiger partial charge in [0.2, 0.25) is 4.96 Å². The van der Waals surface area contributed by atoms with Crippen molar-refractivity contribution >= 4 is 43.8 Å². The highest BCUT2D eigenvalue weighted by Crippen LogP contribution is 2.34. The number of amides is 1. The van der Waals surface area contributed by atoms with Gasteiger partial charge in [0.05, 0.1) is 25.5 Å².